The second-order valence-electron chi connectivity index (χ2n) is 9.94. The van der Waals surface area contributed by atoms with Crippen LogP contribution in [0.3, 0.4) is 0 Å². The number of unbranched alkanes of at least 4 members (excludes halogenated alkanes) is 9. The van der Waals surface area contributed by atoms with Gasteiger partial charge in [0, 0.05) is 5.69 Å². The summed E-state index contributed by atoms with van der Waals surface area (Å²) in [5.74, 6) is 5.80. The number of aromatic nitrogens is 4. The van der Waals surface area contributed by atoms with E-state index in [0.717, 1.165) is 29.7 Å². The second-order valence-corrected chi connectivity index (χ2v) is 9.94. The average Bonchev–Trinajstić information content (AvgIpc) is 3.29. The molecule has 2 aromatic rings. The van der Waals surface area contributed by atoms with E-state index in [1.54, 1.807) is 0 Å². The smallest absolute Gasteiger partial charge is 0.280 e. The molecule has 0 radical (unpaired) electrons. The van der Waals surface area contributed by atoms with Crippen LogP contribution in [0.4, 0.5) is 5.69 Å². The molecule has 0 aliphatic heterocycles. The molecule has 2 rings (SSSR count). The summed E-state index contributed by atoms with van der Waals surface area (Å²) in [6.45, 7) is 11.3. The van der Waals surface area contributed by atoms with Crippen LogP contribution in [-0.2, 0) is 11.3 Å². The maximum Gasteiger partial charge on any atom is 0.280 e. The monoisotopic (exact) mass is 483 g/mol. The molecule has 8 heteroatoms. The van der Waals surface area contributed by atoms with Crippen molar-refractivity contribution in [2.24, 2.45) is 10.9 Å². The Morgan fingerprint density at radius 3 is 2.00 bits per heavy atom. The first-order valence-corrected chi connectivity index (χ1v) is 13.4. The number of rotatable bonds is 16. The number of para-hydroxylation sites is 1. The Morgan fingerprint density at radius 1 is 0.943 bits per heavy atom. The highest BCUT2D eigenvalue weighted by Gasteiger charge is 2.23. The molecule has 194 valence electrons. The van der Waals surface area contributed by atoms with Gasteiger partial charge >= 0.3 is 0 Å². The van der Waals surface area contributed by atoms with Crippen molar-refractivity contribution in [2.45, 2.75) is 117 Å². The van der Waals surface area contributed by atoms with E-state index in [0.29, 0.717) is 6.54 Å². The minimum absolute atomic E-state index is 0.0208. The molecular formula is C27H45N7O. The zero-order valence-electron chi connectivity index (χ0n) is 22.4. The highest BCUT2D eigenvalue weighted by Crippen LogP contribution is 2.32. The van der Waals surface area contributed by atoms with Gasteiger partial charge in [-0.05, 0) is 34.6 Å². The predicted molar refractivity (Wildman–Crippen MR) is 144 cm³/mol. The van der Waals surface area contributed by atoms with Crippen molar-refractivity contribution in [1.82, 2.24) is 20.2 Å². The zero-order valence-corrected chi connectivity index (χ0v) is 22.4. The van der Waals surface area contributed by atoms with Crippen LogP contribution in [0.15, 0.2) is 23.3 Å². The fourth-order valence-corrected chi connectivity index (χ4v) is 4.26. The van der Waals surface area contributed by atoms with Gasteiger partial charge in [-0.2, -0.15) is 9.90 Å². The van der Waals surface area contributed by atoms with Crippen LogP contribution in [0.2, 0.25) is 0 Å². The number of nitrogens with two attached hydrogens (primary N) is 1. The highest BCUT2D eigenvalue weighted by molar-refractivity contribution is 6.48. The fourth-order valence-electron chi connectivity index (χ4n) is 4.26. The number of amides is 1. The SMILES string of the molecule is CCCCCCCCCCCCn1nnc(C(=NN)C(=O)Nc2c(C(C)C)cccc2C(C)C)n1. The van der Waals surface area contributed by atoms with Crippen LogP contribution in [-0.4, -0.2) is 31.8 Å². The molecule has 0 unspecified atom stereocenters. The standard InChI is InChI=1S/C27H45N7O/c1-6-7-8-9-10-11-12-13-14-15-19-34-32-26(31-33-34)25(30-28)27(35)29-24-22(20(2)3)17-16-18-23(24)21(4)5/h16-18,20-21H,6-15,19,28H2,1-5H3,(H,29,35). The maximum absolute atomic E-state index is 13.1. The molecule has 1 amide bonds. The third-order valence-corrected chi connectivity index (χ3v) is 6.33. The van der Waals surface area contributed by atoms with Gasteiger partial charge in [-0.25, -0.2) is 0 Å². The third-order valence-electron chi connectivity index (χ3n) is 6.33. The van der Waals surface area contributed by atoms with Gasteiger partial charge in [0.1, 0.15) is 0 Å². The number of nitrogens with one attached hydrogen (secondary N) is 1. The summed E-state index contributed by atoms with van der Waals surface area (Å²) in [4.78, 5) is 14.6. The van der Waals surface area contributed by atoms with Crippen molar-refractivity contribution in [1.29, 1.82) is 0 Å². The number of hydrazone groups is 1. The van der Waals surface area contributed by atoms with Crippen molar-refractivity contribution < 1.29 is 4.79 Å². The number of tetrazole rings is 1. The van der Waals surface area contributed by atoms with Crippen LogP contribution < -0.4 is 11.2 Å². The lowest BCUT2D eigenvalue weighted by molar-refractivity contribution is -0.110. The van der Waals surface area contributed by atoms with Crippen molar-refractivity contribution in [3.05, 3.63) is 35.2 Å². The Morgan fingerprint density at radius 2 is 1.49 bits per heavy atom. The zero-order chi connectivity index (χ0) is 25.6. The second kappa shape index (κ2) is 15.3. The molecule has 3 N–H and O–H groups in total. The molecule has 0 saturated carbocycles. The Kier molecular flexibility index (Phi) is 12.4. The molecule has 8 nitrogen and oxygen atoms in total. The van der Waals surface area contributed by atoms with E-state index < -0.39 is 5.91 Å². The van der Waals surface area contributed by atoms with E-state index in [1.807, 2.05) is 18.2 Å². The average molecular weight is 484 g/mol. The summed E-state index contributed by atoms with van der Waals surface area (Å²) in [6, 6.07) is 6.10. The van der Waals surface area contributed by atoms with Crippen LogP contribution in [0.25, 0.3) is 0 Å². The minimum atomic E-state index is -0.430. The molecule has 1 heterocycles. The molecule has 0 aliphatic rings. The minimum Gasteiger partial charge on any atom is -0.322 e. The van der Waals surface area contributed by atoms with Crippen molar-refractivity contribution in [3.8, 4) is 0 Å². The largest absolute Gasteiger partial charge is 0.322 e. The third kappa shape index (κ3) is 9.07. The van der Waals surface area contributed by atoms with Gasteiger partial charge in [-0.1, -0.05) is 111 Å². The van der Waals surface area contributed by atoms with Gasteiger partial charge in [0.25, 0.3) is 5.91 Å². The number of benzene rings is 1. The molecular weight excluding hydrogens is 438 g/mol. The van der Waals surface area contributed by atoms with Crippen LogP contribution in [0, 0.1) is 0 Å². The van der Waals surface area contributed by atoms with Gasteiger partial charge in [0.2, 0.25) is 5.82 Å². The van der Waals surface area contributed by atoms with Crippen molar-refractivity contribution >= 4 is 17.3 Å². The molecule has 0 bridgehead atoms. The highest BCUT2D eigenvalue weighted by atomic mass is 16.2. The van der Waals surface area contributed by atoms with E-state index in [9.17, 15) is 4.79 Å². The first kappa shape index (κ1) is 28.5. The van der Waals surface area contributed by atoms with E-state index in [2.05, 4.69) is 60.4 Å². The van der Waals surface area contributed by atoms with Crippen LogP contribution in [0.5, 0.6) is 0 Å². The Bertz CT molecular complexity index is 907. The summed E-state index contributed by atoms with van der Waals surface area (Å²) in [5.41, 5.74) is 2.92. The summed E-state index contributed by atoms with van der Waals surface area (Å²) in [5, 5.41) is 19.2. The number of hydrogen-bond donors (Lipinski definition) is 2. The Balaban J connectivity index is 1.89. The summed E-state index contributed by atoms with van der Waals surface area (Å²) >= 11 is 0. The van der Waals surface area contributed by atoms with Crippen LogP contribution in [0.1, 0.15) is 128 Å². The maximum atomic E-state index is 13.1. The lowest BCUT2D eigenvalue weighted by Crippen LogP contribution is -2.27. The number of hydrogen-bond acceptors (Lipinski definition) is 6. The van der Waals surface area contributed by atoms with E-state index >= 15 is 0 Å². The molecule has 35 heavy (non-hydrogen) atoms. The predicted octanol–water partition coefficient (Wildman–Crippen LogP) is 6.14. The lowest BCUT2D eigenvalue weighted by Gasteiger charge is -2.20. The number of nitrogens with zero attached hydrogens (tertiary/aromatic N) is 5. The van der Waals surface area contributed by atoms with Crippen LogP contribution >= 0.6 is 0 Å². The van der Waals surface area contributed by atoms with Crippen molar-refractivity contribution in [2.75, 3.05) is 5.32 Å². The number of carbonyl (C=O) groups excluding carboxylic acids is 1. The van der Waals surface area contributed by atoms with Gasteiger partial charge < -0.3 is 11.2 Å². The van der Waals surface area contributed by atoms with Gasteiger partial charge in [0.05, 0.1) is 6.54 Å². The first-order chi connectivity index (χ1) is 16.9. The van der Waals surface area contributed by atoms with Gasteiger partial charge in [-0.3, -0.25) is 4.79 Å². The van der Waals surface area contributed by atoms with Gasteiger partial charge in [0.15, 0.2) is 5.71 Å². The molecule has 1 aromatic carbocycles. The number of aryl methyl sites for hydroxylation is 1. The molecule has 0 aliphatic carbocycles. The molecule has 0 atom stereocenters. The molecule has 0 saturated heterocycles. The Hall–Kier alpha value is -2.77. The summed E-state index contributed by atoms with van der Waals surface area (Å²) in [7, 11) is 0. The van der Waals surface area contributed by atoms with Crippen molar-refractivity contribution in [3.63, 3.8) is 0 Å². The van der Waals surface area contributed by atoms with E-state index in [1.165, 1.54) is 56.2 Å². The molecule has 0 fully saturated rings. The summed E-state index contributed by atoms with van der Waals surface area (Å²) < 4.78 is 0. The van der Waals surface area contributed by atoms with E-state index in [-0.39, 0.29) is 23.4 Å². The number of carbonyl (C=O) groups is 1. The molecule has 1 aromatic heterocycles. The fraction of sp³-hybridized carbons (Fsp3) is 0.667. The lowest BCUT2D eigenvalue weighted by atomic mass is 9.92. The summed E-state index contributed by atoms with van der Waals surface area (Å²) in [6.07, 6.45) is 12.7. The van der Waals surface area contributed by atoms with Gasteiger partial charge in [-0.15, -0.1) is 10.2 Å². The first-order valence-electron chi connectivity index (χ1n) is 13.4. The molecule has 0 spiro atoms. The van der Waals surface area contributed by atoms with E-state index in [4.69, 9.17) is 5.84 Å². The quantitative estimate of drug-likeness (QED) is 0.129. The topological polar surface area (TPSA) is 111 Å². The number of anilines is 1. The Labute approximate surface area is 211 Å². The normalized spacial score (nSPS) is 12.0.